The van der Waals surface area contributed by atoms with E-state index in [0.717, 1.165) is 10.2 Å². The van der Waals surface area contributed by atoms with Crippen LogP contribution in [0.1, 0.15) is 18.2 Å². The van der Waals surface area contributed by atoms with E-state index in [-0.39, 0.29) is 18.0 Å². The highest BCUT2D eigenvalue weighted by Gasteiger charge is 2.38. The number of ether oxygens (including phenoxy) is 1. The molecule has 1 fully saturated rings. The number of halogens is 1. The first kappa shape index (κ1) is 13.5. The molecule has 1 aliphatic heterocycles. The monoisotopic (exact) mass is 313 g/mol. The lowest BCUT2D eigenvalue weighted by Gasteiger charge is -2.26. The molecule has 18 heavy (non-hydrogen) atoms. The molecular weight excluding hydrogens is 298 g/mol. The zero-order valence-electron chi connectivity index (χ0n) is 10.2. The molecule has 0 aromatic carbocycles. The van der Waals surface area contributed by atoms with E-state index in [1.54, 1.807) is 18.2 Å². The Morgan fingerprint density at radius 1 is 1.61 bits per heavy atom. The van der Waals surface area contributed by atoms with Crippen molar-refractivity contribution in [3.8, 4) is 0 Å². The summed E-state index contributed by atoms with van der Waals surface area (Å²) >= 11 is 3.34. The Kier molecular flexibility index (Phi) is 4.31. The van der Waals surface area contributed by atoms with Crippen LogP contribution in [0.2, 0.25) is 0 Å². The minimum atomic E-state index is -0.206. The van der Waals surface area contributed by atoms with Crippen LogP contribution in [0.5, 0.6) is 0 Å². The molecular formula is C12H16BrN3O2. The Hall–Kier alpha value is -0.980. The van der Waals surface area contributed by atoms with Crippen molar-refractivity contribution in [2.24, 2.45) is 5.73 Å². The molecule has 2 heterocycles. The lowest BCUT2D eigenvalue weighted by atomic mass is 10.1. The van der Waals surface area contributed by atoms with Gasteiger partial charge in [0.15, 0.2) is 0 Å². The zero-order valence-corrected chi connectivity index (χ0v) is 11.8. The first-order chi connectivity index (χ1) is 8.63. The maximum absolute atomic E-state index is 11.9. The number of hydrogen-bond acceptors (Lipinski definition) is 4. The van der Waals surface area contributed by atoms with Crippen LogP contribution in [0, 0.1) is 0 Å². The number of pyridine rings is 1. The van der Waals surface area contributed by atoms with Gasteiger partial charge in [0, 0.05) is 36.8 Å². The standard InChI is InChI=1S/C12H16BrN3O2/c1-18-5-4-16-11(17)6-9(14)12(16)10-3-2-8(13)7-15-10/h2-3,7,9,12H,4-6,14H2,1H3. The fourth-order valence-electron chi connectivity index (χ4n) is 2.21. The molecule has 6 heteroatoms. The maximum atomic E-state index is 11.9. The molecule has 5 nitrogen and oxygen atoms in total. The molecule has 98 valence electrons. The van der Waals surface area contributed by atoms with Crippen LogP contribution in [-0.4, -0.2) is 42.1 Å². The second-order valence-electron chi connectivity index (χ2n) is 4.29. The number of carbonyl (C=O) groups is 1. The maximum Gasteiger partial charge on any atom is 0.224 e. The van der Waals surface area contributed by atoms with E-state index < -0.39 is 0 Å². The smallest absolute Gasteiger partial charge is 0.224 e. The Labute approximate surface area is 114 Å². The summed E-state index contributed by atoms with van der Waals surface area (Å²) in [6.45, 7) is 1.05. The third-order valence-corrected chi connectivity index (χ3v) is 3.53. The van der Waals surface area contributed by atoms with Gasteiger partial charge in [-0.3, -0.25) is 9.78 Å². The molecule has 2 N–H and O–H groups in total. The van der Waals surface area contributed by atoms with Gasteiger partial charge in [0.05, 0.1) is 18.3 Å². The quantitative estimate of drug-likeness (QED) is 0.903. The molecule has 0 spiro atoms. The summed E-state index contributed by atoms with van der Waals surface area (Å²) in [5, 5.41) is 0. The summed E-state index contributed by atoms with van der Waals surface area (Å²) in [6, 6.07) is 3.45. The normalized spacial score (nSPS) is 23.7. The predicted molar refractivity (Wildman–Crippen MR) is 70.9 cm³/mol. The largest absolute Gasteiger partial charge is 0.383 e. The fraction of sp³-hybridized carbons (Fsp3) is 0.500. The fourth-order valence-corrected chi connectivity index (χ4v) is 2.45. The summed E-state index contributed by atoms with van der Waals surface area (Å²) in [6.07, 6.45) is 2.09. The number of amides is 1. The molecule has 1 amide bonds. The number of rotatable bonds is 4. The Bertz CT molecular complexity index is 424. The lowest BCUT2D eigenvalue weighted by Crippen LogP contribution is -2.35. The van der Waals surface area contributed by atoms with Crippen molar-refractivity contribution in [1.29, 1.82) is 0 Å². The van der Waals surface area contributed by atoms with Gasteiger partial charge in [-0.05, 0) is 28.1 Å². The summed E-state index contributed by atoms with van der Waals surface area (Å²) in [5.74, 6) is 0.0641. The van der Waals surface area contributed by atoms with Gasteiger partial charge in [0.2, 0.25) is 5.91 Å². The van der Waals surface area contributed by atoms with E-state index in [9.17, 15) is 4.79 Å². The van der Waals surface area contributed by atoms with Gasteiger partial charge < -0.3 is 15.4 Å². The molecule has 2 atom stereocenters. The third-order valence-electron chi connectivity index (χ3n) is 3.06. The summed E-state index contributed by atoms with van der Waals surface area (Å²) < 4.78 is 5.94. The molecule has 1 aliphatic rings. The van der Waals surface area contributed by atoms with E-state index in [2.05, 4.69) is 20.9 Å². The molecule has 2 unspecified atom stereocenters. The highest BCUT2D eigenvalue weighted by molar-refractivity contribution is 9.10. The molecule has 0 saturated carbocycles. The van der Waals surface area contributed by atoms with Crippen molar-refractivity contribution < 1.29 is 9.53 Å². The third kappa shape index (κ3) is 2.71. The average Bonchev–Trinajstić information content (AvgIpc) is 2.62. The van der Waals surface area contributed by atoms with E-state index in [0.29, 0.717) is 19.6 Å². The van der Waals surface area contributed by atoms with Crippen molar-refractivity contribution in [3.63, 3.8) is 0 Å². The van der Waals surface area contributed by atoms with Crippen LogP contribution < -0.4 is 5.73 Å². The molecule has 0 aliphatic carbocycles. The van der Waals surface area contributed by atoms with E-state index in [1.165, 1.54) is 0 Å². The first-order valence-corrected chi connectivity index (χ1v) is 6.58. The van der Waals surface area contributed by atoms with Crippen molar-refractivity contribution in [2.75, 3.05) is 20.3 Å². The summed E-state index contributed by atoms with van der Waals surface area (Å²) in [7, 11) is 1.62. The van der Waals surface area contributed by atoms with Crippen molar-refractivity contribution in [1.82, 2.24) is 9.88 Å². The van der Waals surface area contributed by atoms with Crippen LogP contribution in [0.3, 0.4) is 0 Å². The van der Waals surface area contributed by atoms with E-state index >= 15 is 0 Å². The van der Waals surface area contributed by atoms with Crippen molar-refractivity contribution >= 4 is 21.8 Å². The number of nitrogens with zero attached hydrogens (tertiary/aromatic N) is 2. The lowest BCUT2D eigenvalue weighted by molar-refractivity contribution is -0.129. The average molecular weight is 314 g/mol. The second kappa shape index (κ2) is 5.77. The minimum absolute atomic E-state index is 0.0641. The van der Waals surface area contributed by atoms with Crippen molar-refractivity contribution in [2.45, 2.75) is 18.5 Å². The second-order valence-corrected chi connectivity index (χ2v) is 5.21. The van der Waals surface area contributed by atoms with Gasteiger partial charge in [-0.15, -0.1) is 0 Å². The van der Waals surface area contributed by atoms with Gasteiger partial charge in [0.25, 0.3) is 0 Å². The Balaban J connectivity index is 2.22. The predicted octanol–water partition coefficient (Wildman–Crippen LogP) is 1.09. The summed E-state index contributed by atoms with van der Waals surface area (Å²) in [4.78, 5) is 18.0. The Morgan fingerprint density at radius 2 is 2.39 bits per heavy atom. The SMILES string of the molecule is COCCN1C(=O)CC(N)C1c1ccc(Br)cn1. The van der Waals surface area contributed by atoms with Gasteiger partial charge in [0.1, 0.15) is 0 Å². The Morgan fingerprint density at radius 3 is 3.00 bits per heavy atom. The van der Waals surface area contributed by atoms with Gasteiger partial charge >= 0.3 is 0 Å². The zero-order chi connectivity index (χ0) is 13.1. The van der Waals surface area contributed by atoms with Crippen LogP contribution >= 0.6 is 15.9 Å². The molecule has 1 aromatic heterocycles. The number of hydrogen-bond donors (Lipinski definition) is 1. The van der Waals surface area contributed by atoms with E-state index in [4.69, 9.17) is 10.5 Å². The van der Waals surface area contributed by atoms with Crippen LogP contribution in [0.15, 0.2) is 22.8 Å². The number of aromatic nitrogens is 1. The molecule has 0 radical (unpaired) electrons. The highest BCUT2D eigenvalue weighted by atomic mass is 79.9. The summed E-state index contributed by atoms with van der Waals surface area (Å²) in [5.41, 5.74) is 6.87. The van der Waals surface area contributed by atoms with Gasteiger partial charge in [-0.1, -0.05) is 0 Å². The van der Waals surface area contributed by atoms with Crippen LogP contribution in [0.4, 0.5) is 0 Å². The first-order valence-electron chi connectivity index (χ1n) is 5.79. The number of carbonyl (C=O) groups excluding carboxylic acids is 1. The van der Waals surface area contributed by atoms with E-state index in [1.807, 2.05) is 12.1 Å². The number of likely N-dealkylation sites (tertiary alicyclic amines) is 1. The molecule has 1 saturated heterocycles. The molecule has 0 bridgehead atoms. The van der Waals surface area contributed by atoms with Crippen molar-refractivity contribution in [3.05, 3.63) is 28.5 Å². The van der Waals surface area contributed by atoms with Crippen LogP contribution in [-0.2, 0) is 9.53 Å². The topological polar surface area (TPSA) is 68.5 Å². The minimum Gasteiger partial charge on any atom is -0.383 e. The number of nitrogens with two attached hydrogens (primary N) is 1. The van der Waals surface area contributed by atoms with Crippen LogP contribution in [0.25, 0.3) is 0 Å². The van der Waals surface area contributed by atoms with Gasteiger partial charge in [-0.25, -0.2) is 0 Å². The van der Waals surface area contributed by atoms with Gasteiger partial charge in [-0.2, -0.15) is 0 Å². The number of methoxy groups -OCH3 is 1. The molecule has 1 aromatic rings. The molecule has 2 rings (SSSR count). The highest BCUT2D eigenvalue weighted by Crippen LogP contribution is 2.30.